The zero-order valence-electron chi connectivity index (χ0n) is 14.2. The summed E-state index contributed by atoms with van der Waals surface area (Å²) >= 11 is 0. The van der Waals surface area contributed by atoms with E-state index < -0.39 is 0 Å². The van der Waals surface area contributed by atoms with Crippen LogP contribution in [0, 0.1) is 18.8 Å². The van der Waals surface area contributed by atoms with Crippen molar-refractivity contribution >= 4 is 6.08 Å². The third-order valence-electron chi connectivity index (χ3n) is 4.02. The fraction of sp³-hybridized carbons (Fsp3) is 0.0833. The Hall–Kier alpha value is -3.08. The van der Waals surface area contributed by atoms with E-state index in [1.54, 1.807) is 0 Å². The molecule has 0 saturated heterocycles. The molecule has 0 aliphatic rings. The summed E-state index contributed by atoms with van der Waals surface area (Å²) in [4.78, 5) is 0. The molecule has 0 bridgehead atoms. The molecule has 0 amide bonds. The van der Waals surface area contributed by atoms with Crippen LogP contribution >= 0.6 is 0 Å². The number of aliphatic hydroxyl groups excluding tert-OH is 1. The van der Waals surface area contributed by atoms with E-state index in [1.165, 1.54) is 16.7 Å². The molecule has 1 N–H and O–H groups in total. The van der Waals surface area contributed by atoms with Crippen molar-refractivity contribution in [3.8, 4) is 23.0 Å². The van der Waals surface area contributed by atoms with Crippen LogP contribution in [-0.4, -0.2) is 5.11 Å². The van der Waals surface area contributed by atoms with Crippen molar-refractivity contribution in [1.82, 2.24) is 0 Å². The topological polar surface area (TPSA) is 20.2 Å². The van der Waals surface area contributed by atoms with Crippen molar-refractivity contribution < 1.29 is 5.11 Å². The first-order valence-electron chi connectivity index (χ1n) is 8.30. The minimum absolute atomic E-state index is 0.0589. The van der Waals surface area contributed by atoms with Gasteiger partial charge in [-0.3, -0.25) is 0 Å². The standard InChI is InChI=1S/C24H20O/c1-19-10-16-23(17-11-19)24-9-5-4-8-22(24)7-3-2-6-20-12-14-21(18-25)15-13-20/h3-5,7-17,25H,18H2,1H3. The van der Waals surface area contributed by atoms with Gasteiger partial charge in [0.2, 0.25) is 0 Å². The van der Waals surface area contributed by atoms with E-state index in [9.17, 15) is 0 Å². The number of allylic oxidation sites excluding steroid dienone is 1. The Morgan fingerprint density at radius 1 is 0.880 bits per heavy atom. The molecule has 0 heterocycles. The highest BCUT2D eigenvalue weighted by atomic mass is 16.3. The van der Waals surface area contributed by atoms with Gasteiger partial charge in [0.05, 0.1) is 6.61 Å². The van der Waals surface area contributed by atoms with Crippen LogP contribution in [0.3, 0.4) is 0 Å². The van der Waals surface area contributed by atoms with Crippen molar-refractivity contribution in [3.05, 3.63) is 101 Å². The monoisotopic (exact) mass is 324 g/mol. The van der Waals surface area contributed by atoms with Crippen molar-refractivity contribution in [3.63, 3.8) is 0 Å². The van der Waals surface area contributed by atoms with Crippen LogP contribution in [0.4, 0.5) is 0 Å². The summed E-state index contributed by atoms with van der Waals surface area (Å²) in [5.41, 5.74) is 6.65. The van der Waals surface area contributed by atoms with Crippen molar-refractivity contribution in [2.24, 2.45) is 0 Å². The normalized spacial score (nSPS) is 10.5. The van der Waals surface area contributed by atoms with Gasteiger partial charge in [0.15, 0.2) is 0 Å². The maximum atomic E-state index is 9.06. The molecule has 1 nitrogen and oxygen atoms in total. The fourth-order valence-corrected chi connectivity index (χ4v) is 2.59. The zero-order valence-corrected chi connectivity index (χ0v) is 14.2. The van der Waals surface area contributed by atoms with Crippen LogP contribution in [0.25, 0.3) is 17.2 Å². The molecular formula is C24H20O. The summed E-state index contributed by atoms with van der Waals surface area (Å²) in [6, 6.07) is 24.5. The Morgan fingerprint density at radius 2 is 1.60 bits per heavy atom. The van der Waals surface area contributed by atoms with E-state index >= 15 is 0 Å². The summed E-state index contributed by atoms with van der Waals surface area (Å²) < 4.78 is 0. The van der Waals surface area contributed by atoms with Gasteiger partial charge in [-0.1, -0.05) is 78.1 Å². The van der Waals surface area contributed by atoms with E-state index in [2.05, 4.69) is 61.2 Å². The molecule has 3 aromatic rings. The van der Waals surface area contributed by atoms with Crippen LogP contribution in [0.5, 0.6) is 0 Å². The molecule has 3 aromatic carbocycles. The van der Waals surface area contributed by atoms with Crippen LogP contribution in [0.2, 0.25) is 0 Å². The highest BCUT2D eigenvalue weighted by Crippen LogP contribution is 2.24. The fourth-order valence-electron chi connectivity index (χ4n) is 2.59. The van der Waals surface area contributed by atoms with Crippen LogP contribution in [0.1, 0.15) is 22.3 Å². The number of hydrogen-bond donors (Lipinski definition) is 1. The van der Waals surface area contributed by atoms with E-state index in [1.807, 2.05) is 42.5 Å². The van der Waals surface area contributed by atoms with Gasteiger partial charge in [0.1, 0.15) is 0 Å². The minimum atomic E-state index is 0.0589. The highest BCUT2D eigenvalue weighted by molar-refractivity contribution is 5.75. The maximum Gasteiger partial charge on any atom is 0.0681 e. The first-order valence-corrected chi connectivity index (χ1v) is 8.30. The second-order valence-electron chi connectivity index (χ2n) is 5.91. The van der Waals surface area contributed by atoms with E-state index in [0.29, 0.717) is 0 Å². The summed E-state index contributed by atoms with van der Waals surface area (Å²) in [6.07, 6.45) is 3.93. The van der Waals surface area contributed by atoms with E-state index in [0.717, 1.165) is 16.7 Å². The van der Waals surface area contributed by atoms with Gasteiger partial charge < -0.3 is 5.11 Å². The van der Waals surface area contributed by atoms with Gasteiger partial charge in [0.25, 0.3) is 0 Å². The second kappa shape index (κ2) is 8.15. The average Bonchev–Trinajstić information content (AvgIpc) is 2.67. The lowest BCUT2D eigenvalue weighted by Crippen LogP contribution is -1.83. The minimum Gasteiger partial charge on any atom is -0.392 e. The summed E-state index contributed by atoms with van der Waals surface area (Å²) in [7, 11) is 0. The molecule has 0 spiro atoms. The molecule has 0 fully saturated rings. The number of rotatable bonds is 3. The number of aryl methyl sites for hydroxylation is 1. The lowest BCUT2D eigenvalue weighted by atomic mass is 9.98. The quantitative estimate of drug-likeness (QED) is 0.655. The Morgan fingerprint density at radius 3 is 2.32 bits per heavy atom. The molecule has 0 aromatic heterocycles. The molecule has 0 aliphatic heterocycles. The van der Waals surface area contributed by atoms with Gasteiger partial charge in [-0.25, -0.2) is 0 Å². The summed E-state index contributed by atoms with van der Waals surface area (Å²) in [6.45, 7) is 2.15. The van der Waals surface area contributed by atoms with Gasteiger partial charge in [0, 0.05) is 5.56 Å². The van der Waals surface area contributed by atoms with Crippen molar-refractivity contribution in [2.75, 3.05) is 0 Å². The largest absolute Gasteiger partial charge is 0.392 e. The molecular weight excluding hydrogens is 304 g/mol. The van der Waals surface area contributed by atoms with Gasteiger partial charge in [-0.05, 0) is 53.5 Å². The molecule has 3 rings (SSSR count). The van der Waals surface area contributed by atoms with Gasteiger partial charge >= 0.3 is 0 Å². The first-order chi connectivity index (χ1) is 12.3. The molecule has 0 unspecified atom stereocenters. The predicted octanol–water partition coefficient (Wildman–Crippen LogP) is 5.22. The summed E-state index contributed by atoms with van der Waals surface area (Å²) in [5, 5.41) is 9.06. The molecule has 1 heteroatoms. The Labute approximate surface area is 149 Å². The average molecular weight is 324 g/mol. The van der Waals surface area contributed by atoms with Gasteiger partial charge in [-0.2, -0.15) is 0 Å². The van der Waals surface area contributed by atoms with Crippen LogP contribution < -0.4 is 0 Å². The first kappa shape index (κ1) is 16.8. The maximum absolute atomic E-state index is 9.06. The summed E-state index contributed by atoms with van der Waals surface area (Å²) in [5.74, 6) is 6.20. The molecule has 0 atom stereocenters. The number of hydrogen-bond acceptors (Lipinski definition) is 1. The molecule has 0 saturated carbocycles. The Balaban J connectivity index is 1.80. The smallest absolute Gasteiger partial charge is 0.0681 e. The molecule has 0 aliphatic carbocycles. The SMILES string of the molecule is Cc1ccc(-c2ccccc2C=CC#Cc2ccc(CO)cc2)cc1. The van der Waals surface area contributed by atoms with Crippen LogP contribution in [-0.2, 0) is 6.61 Å². The molecule has 25 heavy (non-hydrogen) atoms. The third-order valence-corrected chi connectivity index (χ3v) is 4.02. The Bertz CT molecular complexity index is 920. The predicted molar refractivity (Wildman–Crippen MR) is 105 cm³/mol. The second-order valence-corrected chi connectivity index (χ2v) is 5.91. The molecule has 0 radical (unpaired) electrons. The van der Waals surface area contributed by atoms with Crippen molar-refractivity contribution in [2.45, 2.75) is 13.5 Å². The lowest BCUT2D eigenvalue weighted by Gasteiger charge is -2.06. The number of aliphatic hydroxyl groups is 1. The third kappa shape index (κ3) is 4.47. The van der Waals surface area contributed by atoms with Crippen molar-refractivity contribution in [1.29, 1.82) is 0 Å². The lowest BCUT2D eigenvalue weighted by molar-refractivity contribution is 0.282. The van der Waals surface area contributed by atoms with Crippen LogP contribution in [0.15, 0.2) is 78.9 Å². The Kier molecular flexibility index (Phi) is 5.46. The number of benzene rings is 3. The van der Waals surface area contributed by atoms with E-state index in [4.69, 9.17) is 5.11 Å². The molecule has 122 valence electrons. The zero-order chi connectivity index (χ0) is 17.5. The van der Waals surface area contributed by atoms with E-state index in [-0.39, 0.29) is 6.61 Å². The highest BCUT2D eigenvalue weighted by Gasteiger charge is 2.01. The van der Waals surface area contributed by atoms with Gasteiger partial charge in [-0.15, -0.1) is 0 Å².